The number of nitrogens with one attached hydrogen (secondary N) is 1. The molecule has 0 amide bonds. The van der Waals surface area contributed by atoms with Crippen LogP contribution in [0.2, 0.25) is 5.02 Å². The Balaban J connectivity index is 2.18. The first-order valence-corrected chi connectivity index (χ1v) is 5.72. The van der Waals surface area contributed by atoms with E-state index in [4.69, 9.17) is 16.7 Å². The van der Waals surface area contributed by atoms with Crippen molar-refractivity contribution in [1.82, 2.24) is 0 Å². The zero-order valence-electron chi connectivity index (χ0n) is 9.03. The highest BCUT2D eigenvalue weighted by Gasteiger charge is 2.36. The predicted molar refractivity (Wildman–Crippen MR) is 64.0 cm³/mol. The van der Waals surface area contributed by atoms with Gasteiger partial charge in [-0.3, -0.25) is 0 Å². The summed E-state index contributed by atoms with van der Waals surface area (Å²) >= 11 is 5.98. The molecular formula is C12H14ClNO2. The van der Waals surface area contributed by atoms with Gasteiger partial charge in [-0.2, -0.15) is 0 Å². The van der Waals surface area contributed by atoms with Crippen LogP contribution in [0.3, 0.4) is 0 Å². The Morgan fingerprint density at radius 1 is 1.56 bits per heavy atom. The van der Waals surface area contributed by atoms with E-state index in [2.05, 4.69) is 5.32 Å². The molecule has 1 fully saturated rings. The lowest BCUT2D eigenvalue weighted by atomic mass is 10.1. The Bertz CT molecular complexity index is 415. The van der Waals surface area contributed by atoms with Crippen molar-refractivity contribution in [3.63, 3.8) is 0 Å². The largest absolute Gasteiger partial charge is 0.480 e. The summed E-state index contributed by atoms with van der Waals surface area (Å²) in [5.74, 6) is -0.530. The molecule has 0 aliphatic heterocycles. The molecule has 0 heterocycles. The highest BCUT2D eigenvalue weighted by molar-refractivity contribution is 6.31. The number of carboxylic acid groups (broad SMARTS) is 1. The van der Waals surface area contributed by atoms with Gasteiger partial charge in [0.25, 0.3) is 0 Å². The monoisotopic (exact) mass is 239 g/mol. The van der Waals surface area contributed by atoms with Crippen molar-refractivity contribution in [2.45, 2.75) is 25.8 Å². The van der Waals surface area contributed by atoms with Gasteiger partial charge in [0, 0.05) is 10.7 Å². The molecule has 2 N–H and O–H groups in total. The van der Waals surface area contributed by atoms with E-state index in [1.54, 1.807) is 6.07 Å². The molecule has 86 valence electrons. The number of benzene rings is 1. The standard InChI is InChI=1S/C12H14ClNO2/c1-7-9(13)3-2-4-10(7)14-11(12(15)16)8-5-6-8/h2-4,8,11,14H,5-6H2,1H3,(H,15,16). The first kappa shape index (κ1) is 11.3. The SMILES string of the molecule is Cc1c(Cl)cccc1NC(C(=O)O)C1CC1. The Hall–Kier alpha value is -1.22. The van der Waals surface area contributed by atoms with Crippen molar-refractivity contribution in [1.29, 1.82) is 0 Å². The average molecular weight is 240 g/mol. The molecule has 0 spiro atoms. The highest BCUT2D eigenvalue weighted by Crippen LogP contribution is 2.35. The third kappa shape index (κ3) is 2.30. The van der Waals surface area contributed by atoms with Crippen molar-refractivity contribution >= 4 is 23.3 Å². The normalized spacial score (nSPS) is 16.9. The van der Waals surface area contributed by atoms with Crippen molar-refractivity contribution in [2.24, 2.45) is 5.92 Å². The minimum atomic E-state index is -0.790. The Morgan fingerprint density at radius 2 is 2.25 bits per heavy atom. The van der Waals surface area contributed by atoms with Crippen LogP contribution in [0.1, 0.15) is 18.4 Å². The summed E-state index contributed by atoms with van der Waals surface area (Å²) < 4.78 is 0. The maximum Gasteiger partial charge on any atom is 0.326 e. The summed E-state index contributed by atoms with van der Waals surface area (Å²) in [6.45, 7) is 1.89. The van der Waals surface area contributed by atoms with E-state index in [0.717, 1.165) is 24.1 Å². The van der Waals surface area contributed by atoms with E-state index >= 15 is 0 Å². The molecule has 3 nitrogen and oxygen atoms in total. The van der Waals surface area contributed by atoms with Crippen molar-refractivity contribution in [3.05, 3.63) is 28.8 Å². The summed E-state index contributed by atoms with van der Waals surface area (Å²) in [5.41, 5.74) is 1.71. The molecular weight excluding hydrogens is 226 g/mol. The maximum absolute atomic E-state index is 11.1. The van der Waals surface area contributed by atoms with Crippen LogP contribution in [0, 0.1) is 12.8 Å². The molecule has 4 heteroatoms. The lowest BCUT2D eigenvalue weighted by Crippen LogP contribution is -2.31. The van der Waals surface area contributed by atoms with Crippen LogP contribution in [-0.2, 0) is 4.79 Å². The van der Waals surface area contributed by atoms with Crippen LogP contribution >= 0.6 is 11.6 Å². The van der Waals surface area contributed by atoms with Crippen LogP contribution in [0.25, 0.3) is 0 Å². The number of carbonyl (C=O) groups is 1. The van der Waals surface area contributed by atoms with Crippen molar-refractivity contribution < 1.29 is 9.90 Å². The van der Waals surface area contributed by atoms with Crippen LogP contribution in [-0.4, -0.2) is 17.1 Å². The summed E-state index contributed by atoms with van der Waals surface area (Å²) in [7, 11) is 0. The molecule has 0 saturated heterocycles. The lowest BCUT2D eigenvalue weighted by molar-refractivity contribution is -0.138. The van der Waals surface area contributed by atoms with Gasteiger partial charge in [0.15, 0.2) is 0 Å². The second-order valence-electron chi connectivity index (χ2n) is 4.21. The topological polar surface area (TPSA) is 49.3 Å². The van der Waals surface area contributed by atoms with E-state index in [-0.39, 0.29) is 5.92 Å². The quantitative estimate of drug-likeness (QED) is 0.850. The first-order valence-electron chi connectivity index (χ1n) is 5.34. The number of anilines is 1. The second-order valence-corrected chi connectivity index (χ2v) is 4.62. The van der Waals surface area contributed by atoms with Gasteiger partial charge in [-0.05, 0) is 43.4 Å². The zero-order valence-corrected chi connectivity index (χ0v) is 9.79. The summed E-state index contributed by atoms with van der Waals surface area (Å²) in [6.07, 6.45) is 1.98. The van der Waals surface area contributed by atoms with E-state index in [1.165, 1.54) is 0 Å². The molecule has 1 aromatic rings. The first-order chi connectivity index (χ1) is 7.59. The number of hydrogen-bond acceptors (Lipinski definition) is 2. The molecule has 0 aromatic heterocycles. The van der Waals surface area contributed by atoms with Crippen LogP contribution in [0.4, 0.5) is 5.69 Å². The van der Waals surface area contributed by atoms with E-state index in [1.807, 2.05) is 19.1 Å². The minimum absolute atomic E-state index is 0.260. The van der Waals surface area contributed by atoms with Gasteiger partial charge < -0.3 is 10.4 Å². The highest BCUT2D eigenvalue weighted by atomic mass is 35.5. The summed E-state index contributed by atoms with van der Waals surface area (Å²) in [4.78, 5) is 11.1. The van der Waals surface area contributed by atoms with Crippen LogP contribution in [0.15, 0.2) is 18.2 Å². The molecule has 1 unspecified atom stereocenters. The summed E-state index contributed by atoms with van der Waals surface area (Å²) in [5, 5.41) is 12.8. The fraction of sp³-hybridized carbons (Fsp3) is 0.417. The van der Waals surface area contributed by atoms with Crippen LogP contribution < -0.4 is 5.32 Å². The van der Waals surface area contributed by atoms with Crippen molar-refractivity contribution in [3.8, 4) is 0 Å². The van der Waals surface area contributed by atoms with Gasteiger partial charge in [-0.15, -0.1) is 0 Å². The summed E-state index contributed by atoms with van der Waals surface area (Å²) in [6, 6.07) is 5.00. The maximum atomic E-state index is 11.1. The van der Waals surface area contributed by atoms with Crippen LogP contribution in [0.5, 0.6) is 0 Å². The van der Waals surface area contributed by atoms with Crippen molar-refractivity contribution in [2.75, 3.05) is 5.32 Å². The van der Waals surface area contributed by atoms with Gasteiger partial charge in [0.05, 0.1) is 0 Å². The number of halogens is 1. The van der Waals surface area contributed by atoms with E-state index in [9.17, 15) is 4.79 Å². The molecule has 2 rings (SSSR count). The molecule has 1 aliphatic carbocycles. The average Bonchev–Trinajstić information content (AvgIpc) is 3.03. The van der Waals surface area contributed by atoms with E-state index < -0.39 is 12.0 Å². The van der Waals surface area contributed by atoms with Gasteiger partial charge in [-0.1, -0.05) is 17.7 Å². The molecule has 16 heavy (non-hydrogen) atoms. The number of carboxylic acids is 1. The lowest BCUT2D eigenvalue weighted by Gasteiger charge is -2.17. The Labute approximate surface area is 99.4 Å². The van der Waals surface area contributed by atoms with E-state index in [0.29, 0.717) is 5.02 Å². The van der Waals surface area contributed by atoms with Gasteiger partial charge in [0.1, 0.15) is 6.04 Å². The molecule has 1 saturated carbocycles. The second kappa shape index (κ2) is 4.34. The molecule has 1 atom stereocenters. The minimum Gasteiger partial charge on any atom is -0.480 e. The zero-order chi connectivity index (χ0) is 11.7. The van der Waals surface area contributed by atoms with Gasteiger partial charge in [-0.25, -0.2) is 4.79 Å². The fourth-order valence-corrected chi connectivity index (χ4v) is 1.92. The van der Waals surface area contributed by atoms with Gasteiger partial charge in [0.2, 0.25) is 0 Å². The third-order valence-electron chi connectivity index (χ3n) is 2.94. The fourth-order valence-electron chi connectivity index (χ4n) is 1.74. The molecule has 1 aromatic carbocycles. The Kier molecular flexibility index (Phi) is 3.06. The predicted octanol–water partition coefficient (Wildman–Crippen LogP) is 2.92. The molecule has 0 bridgehead atoms. The molecule has 0 radical (unpaired) electrons. The number of hydrogen-bond donors (Lipinski definition) is 2. The third-order valence-corrected chi connectivity index (χ3v) is 3.35. The smallest absolute Gasteiger partial charge is 0.326 e. The number of rotatable bonds is 4. The van der Waals surface area contributed by atoms with Gasteiger partial charge >= 0.3 is 5.97 Å². The Morgan fingerprint density at radius 3 is 2.81 bits per heavy atom. The number of aliphatic carboxylic acids is 1. The molecule has 1 aliphatic rings.